The van der Waals surface area contributed by atoms with E-state index < -0.39 is 0 Å². The molecule has 4 rings (SSSR count). The zero-order valence-corrected chi connectivity index (χ0v) is 10.9. The number of hydrogen-bond donors (Lipinski definition) is 1. The Morgan fingerprint density at radius 2 is 2.00 bits per heavy atom. The fourth-order valence-electron chi connectivity index (χ4n) is 5.97. The Kier molecular flexibility index (Phi) is 2.21. The average molecular weight is 235 g/mol. The van der Waals surface area contributed by atoms with Crippen LogP contribution in [0.3, 0.4) is 0 Å². The lowest BCUT2D eigenvalue weighted by Gasteiger charge is -2.60. The van der Waals surface area contributed by atoms with Gasteiger partial charge in [-0.3, -0.25) is 4.90 Å². The molecule has 96 valence electrons. The van der Waals surface area contributed by atoms with Crippen LogP contribution in [-0.2, 0) is 0 Å². The highest BCUT2D eigenvalue weighted by Crippen LogP contribution is 2.60. The first kappa shape index (κ1) is 10.8. The van der Waals surface area contributed by atoms with Crippen LogP contribution in [-0.4, -0.2) is 35.2 Å². The normalized spacial score (nSPS) is 57.9. The Bertz CT molecular complexity index is 331. The van der Waals surface area contributed by atoms with Crippen molar-refractivity contribution < 1.29 is 5.11 Å². The predicted molar refractivity (Wildman–Crippen MR) is 67.6 cm³/mol. The molecule has 0 aromatic carbocycles. The second-order valence-corrected chi connectivity index (χ2v) is 7.23. The maximum atomic E-state index is 10.7. The Labute approximate surface area is 104 Å². The van der Waals surface area contributed by atoms with Gasteiger partial charge < -0.3 is 5.11 Å². The van der Waals surface area contributed by atoms with Crippen LogP contribution in [0.2, 0.25) is 0 Å². The Balaban J connectivity index is 1.76. The highest BCUT2D eigenvalue weighted by Gasteiger charge is 2.61. The van der Waals surface area contributed by atoms with Gasteiger partial charge in [0.1, 0.15) is 0 Å². The van der Waals surface area contributed by atoms with Gasteiger partial charge in [0.15, 0.2) is 0 Å². The van der Waals surface area contributed by atoms with Crippen molar-refractivity contribution in [2.75, 3.05) is 13.1 Å². The lowest BCUT2D eigenvalue weighted by molar-refractivity contribution is -0.157. The molecule has 2 bridgehead atoms. The van der Waals surface area contributed by atoms with E-state index in [-0.39, 0.29) is 6.10 Å². The van der Waals surface area contributed by atoms with Crippen molar-refractivity contribution in [1.82, 2.24) is 4.90 Å². The number of piperidine rings is 1. The lowest BCUT2D eigenvalue weighted by Crippen LogP contribution is -2.64. The van der Waals surface area contributed by atoms with Crippen molar-refractivity contribution in [1.29, 1.82) is 0 Å². The maximum Gasteiger partial charge on any atom is 0.0726 e. The summed E-state index contributed by atoms with van der Waals surface area (Å²) in [6, 6.07) is 0.836. The molecule has 0 aromatic rings. The SMILES string of the molecule is C[C@H]1CN2C[C@H](O)[C@@]34CCCC[C@@H]3[C@@H]2[C@@H]1CC4. The first-order valence-electron chi connectivity index (χ1n) is 7.64. The number of rotatable bonds is 0. The van der Waals surface area contributed by atoms with Crippen LogP contribution in [0.25, 0.3) is 0 Å². The molecule has 4 fully saturated rings. The molecule has 2 aliphatic heterocycles. The monoisotopic (exact) mass is 235 g/mol. The van der Waals surface area contributed by atoms with Crippen molar-refractivity contribution >= 4 is 0 Å². The zero-order valence-electron chi connectivity index (χ0n) is 10.9. The molecular formula is C15H25NO. The summed E-state index contributed by atoms with van der Waals surface area (Å²) in [5.41, 5.74) is 0.333. The van der Waals surface area contributed by atoms with E-state index in [0.717, 1.165) is 30.3 Å². The van der Waals surface area contributed by atoms with Gasteiger partial charge in [-0.2, -0.15) is 0 Å². The summed E-state index contributed by atoms with van der Waals surface area (Å²) in [6.07, 6.45) is 8.14. The summed E-state index contributed by atoms with van der Waals surface area (Å²) in [7, 11) is 0. The van der Waals surface area contributed by atoms with Crippen molar-refractivity contribution in [3.05, 3.63) is 0 Å². The average Bonchev–Trinajstić information content (AvgIpc) is 2.67. The molecule has 4 aliphatic rings. The van der Waals surface area contributed by atoms with Crippen molar-refractivity contribution in [3.63, 3.8) is 0 Å². The smallest absolute Gasteiger partial charge is 0.0726 e. The van der Waals surface area contributed by atoms with Gasteiger partial charge in [0.2, 0.25) is 0 Å². The summed E-state index contributed by atoms with van der Waals surface area (Å²) >= 11 is 0. The molecular weight excluding hydrogens is 210 g/mol. The molecule has 2 saturated heterocycles. The zero-order chi connectivity index (χ0) is 11.6. The molecule has 1 N–H and O–H groups in total. The standard InChI is InChI=1S/C15H25NO/c1-10-8-16-9-13(17)15-6-3-2-4-12(15)14(16)11(10)5-7-15/h10-14,17H,2-9H2,1H3/t10-,11+,12+,13-,14-,15+/m0/s1. The van der Waals surface area contributed by atoms with Crippen LogP contribution in [0.5, 0.6) is 0 Å². The summed E-state index contributed by atoms with van der Waals surface area (Å²) in [6.45, 7) is 4.66. The quantitative estimate of drug-likeness (QED) is 0.696. The van der Waals surface area contributed by atoms with E-state index in [9.17, 15) is 5.11 Å². The molecule has 2 aliphatic carbocycles. The van der Waals surface area contributed by atoms with Crippen LogP contribution in [0.4, 0.5) is 0 Å². The molecule has 0 aromatic heterocycles. The molecule has 0 unspecified atom stereocenters. The van der Waals surface area contributed by atoms with Gasteiger partial charge in [0.25, 0.3) is 0 Å². The third kappa shape index (κ3) is 1.24. The Morgan fingerprint density at radius 3 is 2.88 bits per heavy atom. The van der Waals surface area contributed by atoms with E-state index >= 15 is 0 Å². The second kappa shape index (κ2) is 3.48. The molecule has 6 atom stereocenters. The number of hydrogen-bond acceptors (Lipinski definition) is 2. The predicted octanol–water partition coefficient (Wildman–Crippen LogP) is 2.27. The van der Waals surface area contributed by atoms with E-state index in [2.05, 4.69) is 11.8 Å². The molecule has 0 radical (unpaired) electrons. The van der Waals surface area contributed by atoms with Crippen molar-refractivity contribution in [3.8, 4) is 0 Å². The van der Waals surface area contributed by atoms with E-state index in [1.165, 1.54) is 45.1 Å². The summed E-state index contributed by atoms with van der Waals surface area (Å²) in [5.74, 6) is 2.63. The molecule has 2 saturated carbocycles. The number of aliphatic hydroxyl groups excluding tert-OH is 1. The van der Waals surface area contributed by atoms with E-state index in [1.54, 1.807) is 0 Å². The summed E-state index contributed by atoms with van der Waals surface area (Å²) in [5, 5.41) is 10.7. The highest BCUT2D eigenvalue weighted by atomic mass is 16.3. The summed E-state index contributed by atoms with van der Waals surface area (Å²) < 4.78 is 0. The minimum atomic E-state index is -0.0321. The first-order chi connectivity index (χ1) is 8.22. The van der Waals surface area contributed by atoms with E-state index in [1.807, 2.05) is 0 Å². The molecule has 2 heterocycles. The number of nitrogens with zero attached hydrogens (tertiary/aromatic N) is 1. The van der Waals surface area contributed by atoms with Gasteiger partial charge in [-0.25, -0.2) is 0 Å². The molecule has 0 spiro atoms. The van der Waals surface area contributed by atoms with E-state index in [0.29, 0.717) is 5.41 Å². The van der Waals surface area contributed by atoms with Gasteiger partial charge in [0, 0.05) is 24.5 Å². The highest BCUT2D eigenvalue weighted by molar-refractivity contribution is 5.13. The maximum absolute atomic E-state index is 10.7. The van der Waals surface area contributed by atoms with Crippen LogP contribution >= 0.6 is 0 Å². The van der Waals surface area contributed by atoms with Gasteiger partial charge in [-0.1, -0.05) is 19.8 Å². The fourth-order valence-corrected chi connectivity index (χ4v) is 5.97. The minimum absolute atomic E-state index is 0.0321. The largest absolute Gasteiger partial charge is 0.391 e. The lowest BCUT2D eigenvalue weighted by atomic mass is 9.51. The minimum Gasteiger partial charge on any atom is -0.391 e. The van der Waals surface area contributed by atoms with Crippen LogP contribution in [0.15, 0.2) is 0 Å². The fraction of sp³-hybridized carbons (Fsp3) is 1.00. The van der Waals surface area contributed by atoms with Crippen LogP contribution < -0.4 is 0 Å². The Hall–Kier alpha value is -0.0800. The van der Waals surface area contributed by atoms with Crippen LogP contribution in [0.1, 0.15) is 45.4 Å². The number of aliphatic hydroxyl groups is 1. The second-order valence-electron chi connectivity index (χ2n) is 7.23. The Morgan fingerprint density at radius 1 is 1.12 bits per heavy atom. The van der Waals surface area contributed by atoms with Crippen LogP contribution in [0, 0.1) is 23.2 Å². The molecule has 17 heavy (non-hydrogen) atoms. The van der Waals surface area contributed by atoms with Gasteiger partial charge in [-0.05, 0) is 43.4 Å². The first-order valence-corrected chi connectivity index (χ1v) is 7.64. The van der Waals surface area contributed by atoms with Crippen molar-refractivity contribution in [2.45, 2.75) is 57.6 Å². The van der Waals surface area contributed by atoms with Crippen molar-refractivity contribution in [2.24, 2.45) is 23.2 Å². The third-order valence-corrected chi connectivity index (χ3v) is 6.69. The van der Waals surface area contributed by atoms with Gasteiger partial charge in [-0.15, -0.1) is 0 Å². The molecule has 2 nitrogen and oxygen atoms in total. The van der Waals surface area contributed by atoms with E-state index in [4.69, 9.17) is 0 Å². The summed E-state index contributed by atoms with van der Waals surface area (Å²) in [4.78, 5) is 2.65. The molecule has 2 heteroatoms. The van der Waals surface area contributed by atoms with Gasteiger partial charge in [0.05, 0.1) is 6.10 Å². The third-order valence-electron chi connectivity index (χ3n) is 6.69. The topological polar surface area (TPSA) is 23.5 Å². The molecule has 0 amide bonds. The van der Waals surface area contributed by atoms with Gasteiger partial charge >= 0.3 is 0 Å².